The Hall–Kier alpha value is -3.44. The number of ether oxygens (including phenoxy) is 1. The first-order chi connectivity index (χ1) is 18.3. The third kappa shape index (κ3) is 4.47. The largest absolute Gasteiger partial charge is 0.489 e. The maximum Gasteiger partial charge on any atom is 0.434 e. The molecule has 206 valence electrons. The van der Waals surface area contributed by atoms with Crippen LogP contribution in [0.4, 0.5) is 30.7 Å². The van der Waals surface area contributed by atoms with Crippen molar-refractivity contribution in [1.82, 2.24) is 4.90 Å². The maximum absolute atomic E-state index is 13.9. The van der Waals surface area contributed by atoms with Gasteiger partial charge in [-0.2, -0.15) is 31.5 Å². The summed E-state index contributed by atoms with van der Waals surface area (Å²) in [5.41, 5.74) is -4.93. The zero-order chi connectivity index (χ0) is 27.8. The molecule has 0 bridgehead atoms. The average molecular weight is 553 g/mol. The molecule has 2 aliphatic heterocycles. The fraction of sp³-hybridized carbons (Fsp3) is 0.444. The molecule has 2 aromatic rings. The van der Waals surface area contributed by atoms with Gasteiger partial charge in [0.05, 0.1) is 17.2 Å². The molecule has 5 nitrogen and oxygen atoms in total. The summed E-state index contributed by atoms with van der Waals surface area (Å²) in [6.45, 7) is 0.541. The van der Waals surface area contributed by atoms with Crippen molar-refractivity contribution in [3.63, 3.8) is 0 Å². The van der Waals surface area contributed by atoms with Gasteiger partial charge in [-0.15, -0.1) is 5.11 Å². The fourth-order valence-electron chi connectivity index (χ4n) is 5.94. The van der Waals surface area contributed by atoms with Crippen molar-refractivity contribution in [2.45, 2.75) is 49.7 Å². The highest BCUT2D eigenvalue weighted by Crippen LogP contribution is 2.62. The van der Waals surface area contributed by atoms with E-state index in [9.17, 15) is 35.5 Å². The Morgan fingerprint density at radius 3 is 2.28 bits per heavy atom. The molecule has 12 heteroatoms. The number of carbonyl (C=O) groups is 1. The zero-order valence-corrected chi connectivity index (χ0v) is 20.3. The van der Waals surface area contributed by atoms with E-state index >= 15 is 0 Å². The third-order valence-electron chi connectivity index (χ3n) is 7.95. The van der Waals surface area contributed by atoms with Crippen LogP contribution in [0.2, 0.25) is 0 Å². The molecule has 2 aliphatic carbocycles. The quantitative estimate of drug-likeness (QED) is 0.373. The lowest BCUT2D eigenvalue weighted by atomic mass is 9.51. The van der Waals surface area contributed by atoms with Crippen LogP contribution >= 0.6 is 0 Å². The van der Waals surface area contributed by atoms with Gasteiger partial charge in [-0.1, -0.05) is 18.2 Å². The minimum Gasteiger partial charge on any atom is -0.489 e. The Bertz CT molecular complexity index is 1380. The Morgan fingerprint density at radius 2 is 1.67 bits per heavy atom. The zero-order valence-electron chi connectivity index (χ0n) is 20.3. The van der Waals surface area contributed by atoms with Gasteiger partial charge in [-0.3, -0.25) is 4.79 Å². The SMILES string of the molecule is O=C(c1ccc(F)cc1OC1CC1)N1CC2(CC(C3(c4ccccc4C(F)(F)F)C=C(C(F)(F)F)N=N3)C2)C1. The summed E-state index contributed by atoms with van der Waals surface area (Å²) in [5.74, 6) is -1.42. The van der Waals surface area contributed by atoms with Crippen LogP contribution in [0.5, 0.6) is 5.75 Å². The highest BCUT2D eigenvalue weighted by atomic mass is 19.4. The maximum atomic E-state index is 13.9. The first-order valence-corrected chi connectivity index (χ1v) is 12.4. The molecule has 6 rings (SSSR count). The molecule has 2 saturated carbocycles. The van der Waals surface area contributed by atoms with Gasteiger partial charge in [0.2, 0.25) is 0 Å². The minimum atomic E-state index is -4.87. The van der Waals surface area contributed by atoms with E-state index in [4.69, 9.17) is 4.74 Å². The van der Waals surface area contributed by atoms with Crippen LogP contribution in [0.25, 0.3) is 0 Å². The molecular weight excluding hydrogens is 531 g/mol. The fourth-order valence-corrected chi connectivity index (χ4v) is 5.94. The van der Waals surface area contributed by atoms with Crippen molar-refractivity contribution in [2.24, 2.45) is 21.6 Å². The lowest BCUT2D eigenvalue weighted by molar-refractivity contribution is -0.140. The number of alkyl halides is 6. The summed E-state index contributed by atoms with van der Waals surface area (Å²) in [7, 11) is 0. The van der Waals surface area contributed by atoms with E-state index in [0.29, 0.717) is 6.08 Å². The molecule has 2 aromatic carbocycles. The number of amides is 1. The summed E-state index contributed by atoms with van der Waals surface area (Å²) in [5, 5.41) is 7.11. The average Bonchev–Trinajstić information content (AvgIpc) is 3.50. The van der Waals surface area contributed by atoms with E-state index in [1.807, 2.05) is 0 Å². The van der Waals surface area contributed by atoms with Gasteiger partial charge in [0.25, 0.3) is 5.91 Å². The van der Waals surface area contributed by atoms with Crippen LogP contribution in [0.15, 0.2) is 64.5 Å². The van der Waals surface area contributed by atoms with E-state index in [0.717, 1.165) is 31.0 Å². The summed E-state index contributed by atoms with van der Waals surface area (Å²) in [6, 6.07) is 8.18. The van der Waals surface area contributed by atoms with E-state index in [1.54, 1.807) is 0 Å². The highest BCUT2D eigenvalue weighted by Gasteiger charge is 2.62. The van der Waals surface area contributed by atoms with Crippen molar-refractivity contribution in [2.75, 3.05) is 13.1 Å². The van der Waals surface area contributed by atoms with Gasteiger partial charge in [-0.25, -0.2) is 4.39 Å². The molecule has 2 heterocycles. The van der Waals surface area contributed by atoms with Gasteiger partial charge in [0, 0.05) is 24.6 Å². The van der Waals surface area contributed by atoms with Gasteiger partial charge in [0.15, 0.2) is 5.70 Å². The smallest absolute Gasteiger partial charge is 0.434 e. The van der Waals surface area contributed by atoms with Crippen molar-refractivity contribution in [3.05, 3.63) is 76.7 Å². The second-order valence-electron chi connectivity index (χ2n) is 10.8. The standard InChI is InChI=1S/C27H22F7N3O2/c28-16-5-8-18(21(9-16)39-17-6-7-17)23(38)37-13-24(14-37)10-15(11-24)25(12-22(35-36-25)27(32,33)34)19-3-1-2-4-20(19)26(29,30)31/h1-5,8-9,12,15,17H,6-7,10-11,13-14H2. The molecule has 1 amide bonds. The van der Waals surface area contributed by atoms with Gasteiger partial charge >= 0.3 is 12.4 Å². The van der Waals surface area contributed by atoms with Crippen LogP contribution in [0.3, 0.4) is 0 Å². The van der Waals surface area contributed by atoms with Gasteiger partial charge in [-0.05, 0) is 61.4 Å². The van der Waals surface area contributed by atoms with Crippen LogP contribution in [0, 0.1) is 17.2 Å². The Morgan fingerprint density at radius 1 is 0.974 bits per heavy atom. The first kappa shape index (κ1) is 25.8. The normalized spacial score (nSPS) is 24.4. The number of benzene rings is 2. The predicted octanol–water partition coefficient (Wildman–Crippen LogP) is 7.05. The molecule has 0 aromatic heterocycles. The molecule has 39 heavy (non-hydrogen) atoms. The number of likely N-dealkylation sites (tertiary alicyclic amines) is 1. The Balaban J connectivity index is 1.23. The van der Waals surface area contributed by atoms with Gasteiger partial charge < -0.3 is 9.64 Å². The van der Waals surface area contributed by atoms with E-state index in [1.165, 1.54) is 29.2 Å². The van der Waals surface area contributed by atoms with Crippen molar-refractivity contribution in [3.8, 4) is 5.75 Å². The lowest BCUT2D eigenvalue weighted by Gasteiger charge is -2.61. The molecule has 3 fully saturated rings. The number of nitrogens with zero attached hydrogens (tertiary/aromatic N) is 3. The number of azo groups is 1. The summed E-state index contributed by atoms with van der Waals surface area (Å²) >= 11 is 0. The predicted molar refractivity (Wildman–Crippen MR) is 123 cm³/mol. The molecule has 1 unspecified atom stereocenters. The number of hydrogen-bond donors (Lipinski definition) is 0. The van der Waals surface area contributed by atoms with Crippen molar-refractivity contribution >= 4 is 5.91 Å². The van der Waals surface area contributed by atoms with Gasteiger partial charge in [0.1, 0.15) is 17.1 Å². The number of allylic oxidation sites excluding steroid dienone is 1. The summed E-state index contributed by atoms with van der Waals surface area (Å²) in [6.07, 6.45) is -6.86. The second kappa shape index (κ2) is 8.53. The lowest BCUT2D eigenvalue weighted by Crippen LogP contribution is -2.65. The summed E-state index contributed by atoms with van der Waals surface area (Å²) in [4.78, 5) is 14.7. The number of carbonyl (C=O) groups excluding carboxylic acids is 1. The minimum absolute atomic E-state index is 0.0561. The molecular formula is C27H22F7N3O2. The molecule has 1 spiro atoms. The van der Waals surface area contributed by atoms with Crippen molar-refractivity contribution in [1.29, 1.82) is 0 Å². The number of hydrogen-bond acceptors (Lipinski definition) is 4. The summed E-state index contributed by atoms with van der Waals surface area (Å²) < 4.78 is 102. The molecule has 1 saturated heterocycles. The molecule has 1 atom stereocenters. The van der Waals surface area contributed by atoms with E-state index < -0.39 is 46.3 Å². The third-order valence-corrected chi connectivity index (χ3v) is 7.95. The monoisotopic (exact) mass is 553 g/mol. The number of rotatable bonds is 5. The van der Waals surface area contributed by atoms with E-state index in [-0.39, 0.29) is 54.8 Å². The molecule has 0 N–H and O–H groups in total. The first-order valence-electron chi connectivity index (χ1n) is 12.4. The highest BCUT2D eigenvalue weighted by molar-refractivity contribution is 5.97. The number of halogens is 7. The van der Waals surface area contributed by atoms with Crippen LogP contribution in [-0.4, -0.2) is 36.2 Å². The van der Waals surface area contributed by atoms with Crippen LogP contribution < -0.4 is 4.74 Å². The second-order valence-corrected chi connectivity index (χ2v) is 10.8. The Labute approximate surface area is 218 Å². The molecule has 0 radical (unpaired) electrons. The molecule has 4 aliphatic rings. The van der Waals surface area contributed by atoms with Crippen LogP contribution in [0.1, 0.15) is 47.2 Å². The Kier molecular flexibility index (Phi) is 5.65. The topological polar surface area (TPSA) is 54.3 Å². The van der Waals surface area contributed by atoms with Crippen molar-refractivity contribution < 1.29 is 40.3 Å². The van der Waals surface area contributed by atoms with Crippen LogP contribution in [-0.2, 0) is 11.7 Å². The van der Waals surface area contributed by atoms with E-state index in [2.05, 4.69) is 10.2 Å².